The van der Waals surface area contributed by atoms with Crippen molar-refractivity contribution in [3.63, 3.8) is 0 Å². The molecule has 0 spiro atoms. The highest BCUT2D eigenvalue weighted by Gasteiger charge is 2.38. The average Bonchev–Trinajstić information content (AvgIpc) is 3.53. The van der Waals surface area contributed by atoms with E-state index in [1.165, 1.54) is 18.5 Å². The summed E-state index contributed by atoms with van der Waals surface area (Å²) in [7, 11) is 0. The van der Waals surface area contributed by atoms with Gasteiger partial charge in [0.1, 0.15) is 12.1 Å². The van der Waals surface area contributed by atoms with Gasteiger partial charge in [-0.05, 0) is 29.8 Å². The fourth-order valence-electron chi connectivity index (χ4n) is 5.01. The number of rotatable bonds is 5. The molecule has 2 amide bonds. The molecule has 6 rings (SSSR count). The molecule has 1 unspecified atom stereocenters. The number of hydrogen-bond acceptors (Lipinski definition) is 7. The fourth-order valence-corrected chi connectivity index (χ4v) is 5.01. The molecule has 188 valence electrons. The minimum atomic E-state index is -0.409. The number of anilines is 2. The van der Waals surface area contributed by atoms with Crippen molar-refractivity contribution in [1.82, 2.24) is 29.9 Å². The number of nitrogens with zero attached hydrogens (tertiary/aromatic N) is 8. The van der Waals surface area contributed by atoms with Crippen LogP contribution in [-0.2, 0) is 16.1 Å². The summed E-state index contributed by atoms with van der Waals surface area (Å²) in [5.74, 6) is -0.215. The normalized spacial score (nSPS) is 18.1. The van der Waals surface area contributed by atoms with E-state index in [4.69, 9.17) is 0 Å². The van der Waals surface area contributed by atoms with Crippen LogP contribution in [0.25, 0.3) is 11.2 Å². The summed E-state index contributed by atoms with van der Waals surface area (Å²) in [6.45, 7) is 3.08. The first-order valence-electron chi connectivity index (χ1n) is 12.2. The predicted octanol–water partition coefficient (Wildman–Crippen LogP) is 2.11. The summed E-state index contributed by atoms with van der Waals surface area (Å²) in [4.78, 5) is 40.1. The monoisotopic (exact) mass is 500 g/mol. The average molecular weight is 501 g/mol. The van der Waals surface area contributed by atoms with Crippen LogP contribution in [0.2, 0.25) is 0 Å². The summed E-state index contributed by atoms with van der Waals surface area (Å²) >= 11 is 0. The maximum Gasteiger partial charge on any atom is 0.228 e. The Morgan fingerprint density at radius 1 is 0.973 bits per heavy atom. The van der Waals surface area contributed by atoms with Crippen LogP contribution in [0.3, 0.4) is 0 Å². The number of amides is 2. The Kier molecular flexibility index (Phi) is 5.95. The third-order valence-electron chi connectivity index (χ3n) is 6.96. The number of carbonyl (C=O) groups excluding carboxylic acids is 2. The Hall–Kier alpha value is -4.41. The highest BCUT2D eigenvalue weighted by molar-refractivity contribution is 6.00. The lowest BCUT2D eigenvalue weighted by Crippen LogP contribution is -2.51. The van der Waals surface area contributed by atoms with Gasteiger partial charge in [-0.2, -0.15) is 0 Å². The van der Waals surface area contributed by atoms with Crippen molar-refractivity contribution < 1.29 is 14.0 Å². The van der Waals surface area contributed by atoms with Crippen LogP contribution >= 0.6 is 0 Å². The molecule has 0 N–H and O–H groups in total. The maximum absolute atomic E-state index is 13.3. The minimum absolute atomic E-state index is 0.0285. The van der Waals surface area contributed by atoms with Gasteiger partial charge in [-0.15, -0.1) is 5.10 Å². The van der Waals surface area contributed by atoms with Crippen molar-refractivity contribution in [2.45, 2.75) is 13.0 Å². The van der Waals surface area contributed by atoms with Gasteiger partial charge in [-0.1, -0.05) is 35.5 Å². The first-order valence-corrected chi connectivity index (χ1v) is 12.2. The van der Waals surface area contributed by atoms with Crippen molar-refractivity contribution in [2.75, 3.05) is 42.5 Å². The topological polar surface area (TPSA) is 100 Å². The van der Waals surface area contributed by atoms with Gasteiger partial charge in [0.2, 0.25) is 11.8 Å². The standard InChI is InChI=1S/C26H25FN8O2/c27-20-6-8-21(9-7-20)34-16-19(14-22(34)36)26(37)33-12-10-32(11-13-33)24-23-25(29-17-28-24)35(31-30-23)15-18-4-2-1-3-5-18/h1-9,17,19H,10-16H2. The van der Waals surface area contributed by atoms with E-state index in [0.717, 1.165) is 5.56 Å². The van der Waals surface area contributed by atoms with E-state index in [2.05, 4.69) is 25.2 Å². The van der Waals surface area contributed by atoms with E-state index in [0.29, 0.717) is 61.9 Å². The van der Waals surface area contributed by atoms with Gasteiger partial charge in [0.15, 0.2) is 17.0 Å². The van der Waals surface area contributed by atoms with Crippen molar-refractivity contribution in [1.29, 1.82) is 0 Å². The smallest absolute Gasteiger partial charge is 0.228 e. The van der Waals surface area contributed by atoms with E-state index in [1.807, 2.05) is 35.2 Å². The second-order valence-corrected chi connectivity index (χ2v) is 9.30. The molecule has 2 fully saturated rings. The molecule has 10 nitrogen and oxygen atoms in total. The molecule has 2 aromatic heterocycles. The molecule has 2 saturated heterocycles. The Morgan fingerprint density at radius 3 is 2.49 bits per heavy atom. The highest BCUT2D eigenvalue weighted by Crippen LogP contribution is 2.28. The summed E-state index contributed by atoms with van der Waals surface area (Å²) in [6.07, 6.45) is 1.68. The second-order valence-electron chi connectivity index (χ2n) is 9.30. The molecular weight excluding hydrogens is 475 g/mol. The lowest BCUT2D eigenvalue weighted by atomic mass is 10.1. The maximum atomic E-state index is 13.3. The second kappa shape index (κ2) is 9.57. The van der Waals surface area contributed by atoms with Crippen LogP contribution < -0.4 is 9.80 Å². The number of halogens is 1. The van der Waals surface area contributed by atoms with Gasteiger partial charge >= 0.3 is 0 Å². The lowest BCUT2D eigenvalue weighted by Gasteiger charge is -2.36. The zero-order valence-corrected chi connectivity index (χ0v) is 20.1. The van der Waals surface area contributed by atoms with E-state index >= 15 is 0 Å². The molecule has 11 heteroatoms. The number of aromatic nitrogens is 5. The summed E-state index contributed by atoms with van der Waals surface area (Å²) in [6, 6.07) is 15.8. The van der Waals surface area contributed by atoms with E-state index in [9.17, 15) is 14.0 Å². The van der Waals surface area contributed by atoms with Crippen LogP contribution in [0, 0.1) is 11.7 Å². The molecule has 2 aliphatic rings. The molecular formula is C26H25FN8O2. The van der Waals surface area contributed by atoms with Gasteiger partial charge in [0.25, 0.3) is 0 Å². The molecule has 2 aliphatic heterocycles. The minimum Gasteiger partial charge on any atom is -0.351 e. The molecule has 0 bridgehead atoms. The van der Waals surface area contributed by atoms with Crippen molar-refractivity contribution in [3.05, 3.63) is 72.3 Å². The fraction of sp³-hybridized carbons (Fsp3) is 0.308. The molecule has 1 atom stereocenters. The van der Waals surface area contributed by atoms with Gasteiger partial charge in [-0.3, -0.25) is 9.59 Å². The predicted molar refractivity (Wildman–Crippen MR) is 134 cm³/mol. The number of hydrogen-bond donors (Lipinski definition) is 0. The van der Waals surface area contributed by atoms with Gasteiger partial charge in [0, 0.05) is 44.8 Å². The summed E-state index contributed by atoms with van der Waals surface area (Å²) in [5.41, 5.74) is 3.01. The first kappa shape index (κ1) is 23.0. The van der Waals surface area contributed by atoms with Crippen molar-refractivity contribution in [2.24, 2.45) is 5.92 Å². The zero-order valence-electron chi connectivity index (χ0n) is 20.1. The third-order valence-corrected chi connectivity index (χ3v) is 6.96. The molecule has 4 aromatic rings. The molecule has 37 heavy (non-hydrogen) atoms. The first-order chi connectivity index (χ1) is 18.1. The third kappa shape index (κ3) is 4.48. The Balaban J connectivity index is 1.11. The highest BCUT2D eigenvalue weighted by atomic mass is 19.1. The van der Waals surface area contributed by atoms with E-state index in [1.54, 1.807) is 21.7 Å². The SMILES string of the molecule is O=C(C1CC(=O)N(c2ccc(F)cc2)C1)N1CCN(c2ncnc3c2nnn3Cc2ccccc2)CC1. The van der Waals surface area contributed by atoms with Crippen LogP contribution in [0.5, 0.6) is 0 Å². The number of piperazine rings is 1. The number of benzene rings is 2. The Labute approximate surface area is 212 Å². The van der Waals surface area contributed by atoms with Gasteiger partial charge in [0.05, 0.1) is 12.5 Å². The van der Waals surface area contributed by atoms with E-state index in [-0.39, 0.29) is 24.1 Å². The zero-order chi connectivity index (χ0) is 25.4. The largest absolute Gasteiger partial charge is 0.351 e. The van der Waals surface area contributed by atoms with Crippen molar-refractivity contribution in [3.8, 4) is 0 Å². The van der Waals surface area contributed by atoms with Crippen LogP contribution in [0.4, 0.5) is 15.9 Å². The molecule has 0 saturated carbocycles. The van der Waals surface area contributed by atoms with Crippen molar-refractivity contribution >= 4 is 34.5 Å². The van der Waals surface area contributed by atoms with Crippen LogP contribution in [-0.4, -0.2) is 74.4 Å². The van der Waals surface area contributed by atoms with E-state index < -0.39 is 5.92 Å². The molecule has 2 aromatic carbocycles. The quantitative estimate of drug-likeness (QED) is 0.414. The molecule has 0 radical (unpaired) electrons. The number of fused-ring (bicyclic) bond motifs is 1. The lowest BCUT2D eigenvalue weighted by molar-refractivity contribution is -0.136. The van der Waals surface area contributed by atoms with Gasteiger partial charge < -0.3 is 14.7 Å². The summed E-state index contributed by atoms with van der Waals surface area (Å²) in [5, 5.41) is 8.66. The van der Waals surface area contributed by atoms with Gasteiger partial charge in [-0.25, -0.2) is 19.0 Å². The number of carbonyl (C=O) groups is 2. The molecule has 0 aliphatic carbocycles. The van der Waals surface area contributed by atoms with Crippen LogP contribution in [0.1, 0.15) is 12.0 Å². The van der Waals surface area contributed by atoms with Crippen LogP contribution in [0.15, 0.2) is 60.9 Å². The Morgan fingerprint density at radius 2 is 1.73 bits per heavy atom. The summed E-state index contributed by atoms with van der Waals surface area (Å²) < 4.78 is 15.0. The Bertz CT molecular complexity index is 1430. The molecule has 4 heterocycles.